The van der Waals surface area contributed by atoms with Crippen LogP contribution in [-0.2, 0) is 0 Å². The molecule has 15 heavy (non-hydrogen) atoms. The van der Waals surface area contributed by atoms with Gasteiger partial charge in [0.25, 0.3) is 0 Å². The van der Waals surface area contributed by atoms with Crippen LogP contribution in [0, 0.1) is 5.82 Å². The third-order valence-corrected chi connectivity index (χ3v) is 2.04. The Bertz CT molecular complexity index is 341. The Morgan fingerprint density at radius 2 is 2.13 bits per heavy atom. The van der Waals surface area contributed by atoms with Crippen LogP contribution in [0.1, 0.15) is 13.3 Å². The Morgan fingerprint density at radius 1 is 1.47 bits per heavy atom. The van der Waals surface area contributed by atoms with E-state index in [-0.39, 0.29) is 11.7 Å². The third kappa shape index (κ3) is 2.94. The molecule has 0 heterocycles. The number of hydrogen-bond donors (Lipinski definition) is 1. The number of nitrogens with one attached hydrogen (secondary N) is 1. The molecule has 0 radical (unpaired) electrons. The van der Waals surface area contributed by atoms with Gasteiger partial charge in [-0.25, -0.2) is 9.18 Å². The molecule has 0 saturated heterocycles. The van der Waals surface area contributed by atoms with Crippen molar-refractivity contribution >= 4 is 11.7 Å². The molecule has 0 unspecified atom stereocenters. The maximum atomic E-state index is 13.3. The highest BCUT2D eigenvalue weighted by Crippen LogP contribution is 2.16. The highest BCUT2D eigenvalue weighted by molar-refractivity contribution is 5.91. The summed E-state index contributed by atoms with van der Waals surface area (Å²) in [5.74, 6) is -0.397. The van der Waals surface area contributed by atoms with Gasteiger partial charge in [0.1, 0.15) is 5.82 Å². The van der Waals surface area contributed by atoms with E-state index in [1.807, 2.05) is 6.92 Å². The number of benzene rings is 1. The van der Waals surface area contributed by atoms with Gasteiger partial charge in [-0.2, -0.15) is 0 Å². The molecule has 0 aliphatic carbocycles. The van der Waals surface area contributed by atoms with Crippen molar-refractivity contribution < 1.29 is 9.18 Å². The molecule has 3 nitrogen and oxygen atoms in total. The SMILES string of the molecule is CCCNC(=O)N(C)c1ccccc1F. The van der Waals surface area contributed by atoms with E-state index in [9.17, 15) is 9.18 Å². The van der Waals surface area contributed by atoms with Crippen molar-refractivity contribution in [3.05, 3.63) is 30.1 Å². The number of para-hydroxylation sites is 1. The minimum absolute atomic E-state index is 0.283. The van der Waals surface area contributed by atoms with Crippen LogP contribution >= 0.6 is 0 Å². The van der Waals surface area contributed by atoms with Gasteiger partial charge in [0.05, 0.1) is 5.69 Å². The van der Waals surface area contributed by atoms with Crippen LogP contribution in [-0.4, -0.2) is 19.6 Å². The zero-order valence-corrected chi connectivity index (χ0v) is 8.96. The summed E-state index contributed by atoms with van der Waals surface area (Å²) in [6, 6.07) is 5.90. The first kappa shape index (κ1) is 11.5. The molecule has 0 fully saturated rings. The van der Waals surface area contributed by atoms with Gasteiger partial charge in [0.2, 0.25) is 0 Å². The van der Waals surface area contributed by atoms with Gasteiger partial charge in [-0.15, -0.1) is 0 Å². The molecule has 0 saturated carbocycles. The largest absolute Gasteiger partial charge is 0.338 e. The molecule has 0 aliphatic rings. The van der Waals surface area contributed by atoms with Crippen molar-refractivity contribution in [3.63, 3.8) is 0 Å². The molecule has 0 aliphatic heterocycles. The molecule has 1 N–H and O–H groups in total. The summed E-state index contributed by atoms with van der Waals surface area (Å²) in [4.78, 5) is 12.8. The number of rotatable bonds is 3. The van der Waals surface area contributed by atoms with Crippen LogP contribution in [0.25, 0.3) is 0 Å². The minimum atomic E-state index is -0.397. The quantitative estimate of drug-likeness (QED) is 0.816. The number of amides is 2. The lowest BCUT2D eigenvalue weighted by Crippen LogP contribution is -2.38. The predicted molar refractivity (Wildman–Crippen MR) is 58.5 cm³/mol. The molecule has 0 atom stereocenters. The van der Waals surface area contributed by atoms with E-state index in [1.54, 1.807) is 25.2 Å². The molecule has 2 amide bonds. The molecule has 0 aromatic heterocycles. The van der Waals surface area contributed by atoms with E-state index >= 15 is 0 Å². The fourth-order valence-corrected chi connectivity index (χ4v) is 1.18. The molecule has 82 valence electrons. The summed E-state index contributed by atoms with van der Waals surface area (Å²) in [7, 11) is 1.55. The second kappa shape index (κ2) is 5.34. The summed E-state index contributed by atoms with van der Waals surface area (Å²) < 4.78 is 13.3. The number of halogens is 1. The summed E-state index contributed by atoms with van der Waals surface area (Å²) in [6.07, 6.45) is 0.858. The summed E-state index contributed by atoms with van der Waals surface area (Å²) in [5.41, 5.74) is 0.283. The van der Waals surface area contributed by atoms with Crippen molar-refractivity contribution in [2.75, 3.05) is 18.5 Å². The van der Waals surface area contributed by atoms with Crippen molar-refractivity contribution in [1.29, 1.82) is 0 Å². The Kier molecular flexibility index (Phi) is 4.09. The lowest BCUT2D eigenvalue weighted by molar-refractivity contribution is 0.247. The first-order chi connectivity index (χ1) is 7.16. The highest BCUT2D eigenvalue weighted by Gasteiger charge is 2.12. The molecule has 1 aromatic carbocycles. The van der Waals surface area contributed by atoms with Crippen LogP contribution in [0.2, 0.25) is 0 Å². The Balaban J connectivity index is 2.72. The molecular weight excluding hydrogens is 195 g/mol. The van der Waals surface area contributed by atoms with Gasteiger partial charge in [0.15, 0.2) is 0 Å². The fourth-order valence-electron chi connectivity index (χ4n) is 1.18. The Morgan fingerprint density at radius 3 is 2.73 bits per heavy atom. The Labute approximate surface area is 88.9 Å². The molecule has 0 spiro atoms. The van der Waals surface area contributed by atoms with E-state index in [1.165, 1.54) is 11.0 Å². The lowest BCUT2D eigenvalue weighted by atomic mass is 10.3. The molecule has 4 heteroatoms. The molecule has 1 rings (SSSR count). The number of nitrogens with zero attached hydrogens (tertiary/aromatic N) is 1. The van der Waals surface area contributed by atoms with Crippen molar-refractivity contribution in [1.82, 2.24) is 5.32 Å². The fraction of sp³-hybridized carbons (Fsp3) is 0.364. The second-order valence-electron chi connectivity index (χ2n) is 3.24. The summed E-state index contributed by atoms with van der Waals surface area (Å²) in [5, 5.41) is 2.68. The average molecular weight is 210 g/mol. The van der Waals surface area contributed by atoms with E-state index < -0.39 is 5.82 Å². The monoisotopic (exact) mass is 210 g/mol. The number of anilines is 1. The van der Waals surface area contributed by atoms with Crippen LogP contribution in [0.4, 0.5) is 14.9 Å². The zero-order valence-electron chi connectivity index (χ0n) is 8.96. The maximum absolute atomic E-state index is 13.3. The molecule has 1 aromatic rings. The minimum Gasteiger partial charge on any atom is -0.338 e. The summed E-state index contributed by atoms with van der Waals surface area (Å²) >= 11 is 0. The van der Waals surface area contributed by atoms with Crippen LogP contribution in [0.15, 0.2) is 24.3 Å². The Hall–Kier alpha value is -1.58. The molecule has 0 bridgehead atoms. The third-order valence-electron chi connectivity index (χ3n) is 2.04. The van der Waals surface area contributed by atoms with Gasteiger partial charge < -0.3 is 5.32 Å². The van der Waals surface area contributed by atoms with Gasteiger partial charge in [-0.1, -0.05) is 19.1 Å². The van der Waals surface area contributed by atoms with Gasteiger partial charge in [-0.3, -0.25) is 4.90 Å². The van der Waals surface area contributed by atoms with E-state index in [4.69, 9.17) is 0 Å². The number of hydrogen-bond acceptors (Lipinski definition) is 1. The van der Waals surface area contributed by atoms with Crippen LogP contribution < -0.4 is 10.2 Å². The summed E-state index contributed by atoms with van der Waals surface area (Å²) in [6.45, 7) is 2.56. The maximum Gasteiger partial charge on any atom is 0.321 e. The standard InChI is InChI=1S/C11H15FN2O/c1-3-8-13-11(15)14(2)10-7-5-4-6-9(10)12/h4-7H,3,8H2,1-2H3,(H,13,15). The van der Waals surface area contributed by atoms with Crippen LogP contribution in [0.3, 0.4) is 0 Å². The topological polar surface area (TPSA) is 32.3 Å². The average Bonchev–Trinajstić information content (AvgIpc) is 2.25. The van der Waals surface area contributed by atoms with E-state index in [0.29, 0.717) is 6.54 Å². The van der Waals surface area contributed by atoms with E-state index in [2.05, 4.69) is 5.32 Å². The highest BCUT2D eigenvalue weighted by atomic mass is 19.1. The van der Waals surface area contributed by atoms with Crippen molar-refractivity contribution in [3.8, 4) is 0 Å². The van der Waals surface area contributed by atoms with Gasteiger partial charge >= 0.3 is 6.03 Å². The smallest absolute Gasteiger partial charge is 0.321 e. The zero-order chi connectivity index (χ0) is 11.3. The van der Waals surface area contributed by atoms with Gasteiger partial charge in [-0.05, 0) is 18.6 Å². The van der Waals surface area contributed by atoms with Crippen molar-refractivity contribution in [2.45, 2.75) is 13.3 Å². The van der Waals surface area contributed by atoms with Crippen LogP contribution in [0.5, 0.6) is 0 Å². The number of urea groups is 1. The first-order valence-electron chi connectivity index (χ1n) is 4.93. The molecular formula is C11H15FN2O. The predicted octanol–water partition coefficient (Wildman–Crippen LogP) is 2.38. The van der Waals surface area contributed by atoms with Crippen molar-refractivity contribution in [2.24, 2.45) is 0 Å². The van der Waals surface area contributed by atoms with Gasteiger partial charge in [0, 0.05) is 13.6 Å². The number of carbonyl (C=O) groups is 1. The first-order valence-corrected chi connectivity index (χ1v) is 4.93. The van der Waals surface area contributed by atoms with E-state index in [0.717, 1.165) is 6.42 Å². The second-order valence-corrected chi connectivity index (χ2v) is 3.24. The normalized spacial score (nSPS) is 9.80. The number of carbonyl (C=O) groups excluding carboxylic acids is 1. The lowest BCUT2D eigenvalue weighted by Gasteiger charge is -2.18.